The monoisotopic (exact) mass is 325 g/mol. The summed E-state index contributed by atoms with van der Waals surface area (Å²) in [5.41, 5.74) is 0.0620. The lowest BCUT2D eigenvalue weighted by molar-refractivity contribution is -0.117. The molecule has 8 heteroatoms. The lowest BCUT2D eigenvalue weighted by atomic mass is 10.1. The Balaban J connectivity index is 2.23. The van der Waals surface area contributed by atoms with Gasteiger partial charge in [-0.15, -0.1) is 0 Å². The van der Waals surface area contributed by atoms with Gasteiger partial charge < -0.3 is 4.90 Å². The zero-order valence-electron chi connectivity index (χ0n) is 9.64. The molecule has 0 radical (unpaired) electrons. The van der Waals surface area contributed by atoms with Gasteiger partial charge in [-0.1, -0.05) is 17.7 Å². The molecule has 1 saturated heterocycles. The molecule has 0 spiro atoms. The number of benzene rings is 1. The summed E-state index contributed by atoms with van der Waals surface area (Å²) in [5.74, 6) is -1.77. The van der Waals surface area contributed by atoms with Crippen molar-refractivity contribution in [2.24, 2.45) is 5.92 Å². The van der Waals surface area contributed by atoms with Gasteiger partial charge in [0.05, 0.1) is 16.5 Å². The molecule has 0 aromatic heterocycles. The third-order valence-corrected chi connectivity index (χ3v) is 4.40. The number of amides is 1. The summed E-state index contributed by atoms with van der Waals surface area (Å²) < 4.78 is 35.8. The highest BCUT2D eigenvalue weighted by Crippen LogP contribution is 2.31. The minimum atomic E-state index is -3.68. The van der Waals surface area contributed by atoms with Gasteiger partial charge in [0.25, 0.3) is 0 Å². The number of hydrogen-bond acceptors (Lipinski definition) is 3. The zero-order chi connectivity index (χ0) is 14.2. The van der Waals surface area contributed by atoms with E-state index in [4.69, 9.17) is 22.3 Å². The van der Waals surface area contributed by atoms with Crippen LogP contribution in [0.4, 0.5) is 10.1 Å². The fourth-order valence-electron chi connectivity index (χ4n) is 2.11. The lowest BCUT2D eigenvalue weighted by Crippen LogP contribution is -2.26. The maximum atomic E-state index is 13.8. The molecule has 1 aliphatic rings. The minimum Gasteiger partial charge on any atom is -0.309 e. The third-order valence-electron chi connectivity index (χ3n) is 2.86. The molecular formula is C11H10Cl2FNO3S. The summed E-state index contributed by atoms with van der Waals surface area (Å²) in [5, 5.41) is -0.0845. The fourth-order valence-corrected chi connectivity index (χ4v) is 3.60. The molecule has 0 N–H and O–H groups in total. The molecular weight excluding hydrogens is 316 g/mol. The Kier molecular flexibility index (Phi) is 4.03. The number of halogens is 3. The SMILES string of the molecule is O=C1CC(CS(=O)(=O)Cl)CN1c1cccc(Cl)c1F. The minimum absolute atomic E-state index is 0.0257. The molecule has 1 fully saturated rings. The first-order valence-corrected chi connectivity index (χ1v) is 8.30. The van der Waals surface area contributed by atoms with E-state index in [0.29, 0.717) is 0 Å². The molecule has 19 heavy (non-hydrogen) atoms. The lowest BCUT2D eigenvalue weighted by Gasteiger charge is -2.17. The second kappa shape index (κ2) is 5.26. The molecule has 1 unspecified atom stereocenters. The van der Waals surface area contributed by atoms with Crippen LogP contribution in [0.25, 0.3) is 0 Å². The molecule has 0 saturated carbocycles. The molecule has 1 aliphatic heterocycles. The van der Waals surface area contributed by atoms with Gasteiger partial charge in [0.1, 0.15) is 0 Å². The fraction of sp³-hybridized carbons (Fsp3) is 0.364. The number of carbonyl (C=O) groups is 1. The van der Waals surface area contributed by atoms with E-state index in [1.165, 1.54) is 23.1 Å². The maximum Gasteiger partial charge on any atom is 0.232 e. The molecule has 1 amide bonds. The molecule has 1 atom stereocenters. The molecule has 0 aliphatic carbocycles. The van der Waals surface area contributed by atoms with Crippen LogP contribution in [0.1, 0.15) is 6.42 Å². The van der Waals surface area contributed by atoms with Crippen molar-refractivity contribution in [1.82, 2.24) is 0 Å². The Morgan fingerprint density at radius 1 is 1.42 bits per heavy atom. The van der Waals surface area contributed by atoms with Crippen LogP contribution in [-0.4, -0.2) is 26.6 Å². The first-order valence-electron chi connectivity index (χ1n) is 5.44. The molecule has 1 heterocycles. The maximum absolute atomic E-state index is 13.8. The molecule has 4 nitrogen and oxygen atoms in total. The van der Waals surface area contributed by atoms with Crippen molar-refractivity contribution < 1.29 is 17.6 Å². The average Bonchev–Trinajstić information content (AvgIpc) is 2.61. The average molecular weight is 326 g/mol. The van der Waals surface area contributed by atoms with E-state index in [9.17, 15) is 17.6 Å². The number of anilines is 1. The highest BCUT2D eigenvalue weighted by Gasteiger charge is 2.34. The van der Waals surface area contributed by atoms with Gasteiger partial charge in [-0.05, 0) is 12.1 Å². The topological polar surface area (TPSA) is 54.5 Å². The van der Waals surface area contributed by atoms with Crippen molar-refractivity contribution in [2.75, 3.05) is 17.2 Å². The Morgan fingerprint density at radius 2 is 2.11 bits per heavy atom. The van der Waals surface area contributed by atoms with Crippen LogP contribution in [0.3, 0.4) is 0 Å². The van der Waals surface area contributed by atoms with Crippen LogP contribution in [0.5, 0.6) is 0 Å². The van der Waals surface area contributed by atoms with Crippen LogP contribution < -0.4 is 4.90 Å². The number of rotatable bonds is 3. The van der Waals surface area contributed by atoms with E-state index in [1.54, 1.807) is 0 Å². The largest absolute Gasteiger partial charge is 0.309 e. The Morgan fingerprint density at radius 3 is 2.74 bits per heavy atom. The number of carbonyl (C=O) groups excluding carboxylic acids is 1. The summed E-state index contributed by atoms with van der Waals surface area (Å²) in [4.78, 5) is 13.0. The van der Waals surface area contributed by atoms with Gasteiger partial charge in [-0.3, -0.25) is 4.79 Å². The van der Waals surface area contributed by atoms with E-state index in [-0.39, 0.29) is 35.3 Å². The molecule has 1 aromatic carbocycles. The quantitative estimate of drug-likeness (QED) is 0.802. The van der Waals surface area contributed by atoms with Gasteiger partial charge >= 0.3 is 0 Å². The number of hydrogen-bond donors (Lipinski definition) is 0. The van der Waals surface area contributed by atoms with Crippen molar-refractivity contribution in [1.29, 1.82) is 0 Å². The Hall–Kier alpha value is -0.850. The summed E-state index contributed by atoms with van der Waals surface area (Å²) in [6.45, 7) is 0.113. The normalized spacial score (nSPS) is 20.1. The van der Waals surface area contributed by atoms with Crippen LogP contribution in [0.2, 0.25) is 5.02 Å². The smallest absolute Gasteiger partial charge is 0.232 e. The first-order chi connectivity index (χ1) is 8.78. The summed E-state index contributed by atoms with van der Waals surface area (Å²) in [6.07, 6.45) is 0.0257. The van der Waals surface area contributed by atoms with Crippen LogP contribution >= 0.6 is 22.3 Å². The summed E-state index contributed by atoms with van der Waals surface area (Å²) in [6, 6.07) is 4.33. The van der Waals surface area contributed by atoms with Crippen molar-refractivity contribution in [3.8, 4) is 0 Å². The van der Waals surface area contributed by atoms with Crippen LogP contribution in [0, 0.1) is 11.7 Å². The summed E-state index contributed by atoms with van der Waals surface area (Å²) >= 11 is 5.65. The van der Waals surface area contributed by atoms with Gasteiger partial charge in [0.15, 0.2) is 5.82 Å². The molecule has 2 rings (SSSR count). The van der Waals surface area contributed by atoms with Crippen molar-refractivity contribution in [3.05, 3.63) is 29.0 Å². The Labute approximate surface area is 119 Å². The second-order valence-corrected chi connectivity index (χ2v) is 7.58. The van der Waals surface area contributed by atoms with Gasteiger partial charge in [-0.2, -0.15) is 0 Å². The van der Waals surface area contributed by atoms with Crippen molar-refractivity contribution in [2.45, 2.75) is 6.42 Å². The van der Waals surface area contributed by atoms with Crippen LogP contribution in [-0.2, 0) is 13.8 Å². The van der Waals surface area contributed by atoms with Gasteiger partial charge in [0, 0.05) is 29.6 Å². The Bertz CT molecular complexity index is 620. The zero-order valence-corrected chi connectivity index (χ0v) is 12.0. The molecule has 0 bridgehead atoms. The molecule has 104 valence electrons. The predicted molar refractivity (Wildman–Crippen MR) is 71.5 cm³/mol. The van der Waals surface area contributed by atoms with E-state index in [2.05, 4.69) is 0 Å². The van der Waals surface area contributed by atoms with E-state index in [0.717, 1.165) is 0 Å². The van der Waals surface area contributed by atoms with Crippen LogP contribution in [0.15, 0.2) is 18.2 Å². The van der Waals surface area contributed by atoms with Crippen molar-refractivity contribution >= 4 is 42.9 Å². The summed E-state index contributed by atoms with van der Waals surface area (Å²) in [7, 11) is 1.48. The van der Waals surface area contributed by atoms with Crippen molar-refractivity contribution in [3.63, 3.8) is 0 Å². The highest BCUT2D eigenvalue weighted by molar-refractivity contribution is 8.13. The predicted octanol–water partition coefficient (Wildman–Crippen LogP) is 2.40. The highest BCUT2D eigenvalue weighted by atomic mass is 35.7. The second-order valence-electron chi connectivity index (χ2n) is 4.35. The van der Waals surface area contributed by atoms with Gasteiger partial charge in [-0.25, -0.2) is 12.8 Å². The van der Waals surface area contributed by atoms with E-state index in [1.807, 2.05) is 0 Å². The number of nitrogens with zero attached hydrogens (tertiary/aromatic N) is 1. The van der Waals surface area contributed by atoms with E-state index < -0.39 is 20.8 Å². The van der Waals surface area contributed by atoms with Gasteiger partial charge in [0.2, 0.25) is 15.0 Å². The third kappa shape index (κ3) is 3.38. The van der Waals surface area contributed by atoms with E-state index >= 15 is 0 Å². The molecule has 1 aromatic rings. The first kappa shape index (κ1) is 14.6. The standard InChI is InChI=1S/C11H10Cl2FNO3S/c12-8-2-1-3-9(11(8)14)15-5-7(4-10(15)16)6-19(13,17)18/h1-3,7H,4-6H2.